The first kappa shape index (κ1) is 23.6. The van der Waals surface area contributed by atoms with Gasteiger partial charge in [0.25, 0.3) is 0 Å². The normalized spacial score (nSPS) is 14.3. The lowest BCUT2D eigenvalue weighted by Gasteiger charge is -2.26. The second-order valence-corrected chi connectivity index (χ2v) is 10.2. The van der Waals surface area contributed by atoms with Crippen LogP contribution in [0.2, 0.25) is 0 Å². The Morgan fingerprint density at radius 2 is 1.78 bits per heavy atom. The van der Waals surface area contributed by atoms with Gasteiger partial charge < -0.3 is 24.1 Å². The number of hydrogen-bond acceptors (Lipinski definition) is 5. The largest absolute Gasteiger partial charge is 0.497 e. The highest BCUT2D eigenvalue weighted by atomic mass is 79.9. The summed E-state index contributed by atoms with van der Waals surface area (Å²) < 4.78 is 15.7. The van der Waals surface area contributed by atoms with E-state index in [0.717, 1.165) is 43.6 Å². The zero-order valence-corrected chi connectivity index (χ0v) is 22.4. The maximum atomic E-state index is 11.5. The summed E-state index contributed by atoms with van der Waals surface area (Å²) in [5, 5.41) is 12.6. The third-order valence-electron chi connectivity index (χ3n) is 6.72. The Morgan fingerprint density at radius 1 is 1.08 bits per heavy atom. The van der Waals surface area contributed by atoms with Gasteiger partial charge in [0, 0.05) is 34.4 Å². The zero-order chi connectivity index (χ0) is 25.8. The van der Waals surface area contributed by atoms with Gasteiger partial charge in [-0.2, -0.15) is 0 Å². The van der Waals surface area contributed by atoms with Crippen LogP contribution in [0.3, 0.4) is 0 Å². The third kappa shape index (κ3) is 3.86. The SMILES string of the molecule is COc1ccc(C2c3[nH]c4ccc(Br)cc4c3Cc3c(O)n(-c4ccc(OC(C)=O)cc4)c(=S)n32)cc1. The summed E-state index contributed by atoms with van der Waals surface area (Å²) in [6.07, 6.45) is 0.506. The van der Waals surface area contributed by atoms with E-state index < -0.39 is 5.97 Å². The molecule has 9 heteroatoms. The molecule has 1 atom stereocenters. The standard InChI is InChI=1S/C28H22BrN3O4S/c1-15(33)36-20-10-6-18(7-11-20)31-27(34)24-14-22-21-13-17(29)5-12-23(21)30-25(22)26(32(24)28(31)37)16-3-8-19(35-2)9-4-16/h3-13,26,30,34H,14H2,1-2H3. The summed E-state index contributed by atoms with van der Waals surface area (Å²) in [6.45, 7) is 1.36. The van der Waals surface area contributed by atoms with Crippen LogP contribution in [0, 0.1) is 4.77 Å². The van der Waals surface area contributed by atoms with Crippen LogP contribution < -0.4 is 9.47 Å². The van der Waals surface area contributed by atoms with Crippen molar-refractivity contribution in [3.8, 4) is 23.1 Å². The van der Waals surface area contributed by atoms with Gasteiger partial charge in [0.2, 0.25) is 5.88 Å². The number of imidazole rings is 1. The Morgan fingerprint density at radius 3 is 2.46 bits per heavy atom. The van der Waals surface area contributed by atoms with Crippen molar-refractivity contribution in [3.05, 3.63) is 98.5 Å². The van der Waals surface area contributed by atoms with Gasteiger partial charge in [0.05, 0.1) is 18.5 Å². The number of aromatic amines is 1. The van der Waals surface area contributed by atoms with Crippen LogP contribution >= 0.6 is 28.1 Å². The second kappa shape index (κ2) is 8.93. The molecule has 0 aliphatic carbocycles. The van der Waals surface area contributed by atoms with E-state index in [1.54, 1.807) is 35.9 Å². The van der Waals surface area contributed by atoms with Gasteiger partial charge in [-0.1, -0.05) is 28.1 Å². The van der Waals surface area contributed by atoms with E-state index in [1.165, 1.54) is 6.92 Å². The lowest BCUT2D eigenvalue weighted by atomic mass is 9.93. The molecule has 0 saturated carbocycles. The Bertz CT molecular complexity index is 1730. The molecule has 186 valence electrons. The number of rotatable bonds is 4. The van der Waals surface area contributed by atoms with Gasteiger partial charge in [-0.3, -0.25) is 9.36 Å². The molecule has 37 heavy (non-hydrogen) atoms. The quantitative estimate of drug-likeness (QED) is 0.144. The number of carbonyl (C=O) groups excluding carboxylic acids is 1. The molecule has 1 aliphatic rings. The number of benzene rings is 3. The molecular formula is C28H22BrN3O4S. The van der Waals surface area contributed by atoms with Gasteiger partial charge in [-0.25, -0.2) is 0 Å². The lowest BCUT2D eigenvalue weighted by molar-refractivity contribution is -0.131. The van der Waals surface area contributed by atoms with E-state index in [1.807, 2.05) is 34.9 Å². The zero-order valence-electron chi connectivity index (χ0n) is 20.0. The van der Waals surface area contributed by atoms with E-state index in [9.17, 15) is 9.90 Å². The van der Waals surface area contributed by atoms with Crippen molar-refractivity contribution in [1.82, 2.24) is 14.1 Å². The molecule has 0 spiro atoms. The number of aromatic nitrogens is 3. The van der Waals surface area contributed by atoms with Gasteiger partial charge in [-0.15, -0.1) is 0 Å². The number of nitrogens with zero attached hydrogens (tertiary/aromatic N) is 2. The summed E-state index contributed by atoms with van der Waals surface area (Å²) in [5.41, 5.74) is 5.58. The Hall–Kier alpha value is -3.82. The topological polar surface area (TPSA) is 81.4 Å². The Balaban J connectivity index is 1.57. The van der Waals surface area contributed by atoms with E-state index in [4.69, 9.17) is 21.7 Å². The maximum absolute atomic E-state index is 11.5. The van der Waals surface area contributed by atoms with Crippen LogP contribution in [0.15, 0.2) is 71.2 Å². The van der Waals surface area contributed by atoms with Crippen LogP contribution in [0.1, 0.15) is 35.5 Å². The lowest BCUT2D eigenvalue weighted by Crippen LogP contribution is -2.21. The smallest absolute Gasteiger partial charge is 0.308 e. The molecule has 0 fully saturated rings. The second-order valence-electron chi connectivity index (χ2n) is 8.91. The highest BCUT2D eigenvalue weighted by molar-refractivity contribution is 9.10. The van der Waals surface area contributed by atoms with Crippen LogP contribution in [0.5, 0.6) is 17.4 Å². The fourth-order valence-electron chi connectivity index (χ4n) is 5.11. The fraction of sp³-hybridized carbons (Fsp3) is 0.143. The molecule has 1 unspecified atom stereocenters. The molecule has 0 saturated heterocycles. The van der Waals surface area contributed by atoms with E-state index in [-0.39, 0.29) is 11.9 Å². The van der Waals surface area contributed by atoms with Crippen LogP contribution in [0.25, 0.3) is 16.6 Å². The van der Waals surface area contributed by atoms with Crippen molar-refractivity contribution < 1.29 is 19.4 Å². The number of methoxy groups -OCH3 is 1. The molecule has 2 aromatic heterocycles. The highest BCUT2D eigenvalue weighted by Crippen LogP contribution is 2.44. The van der Waals surface area contributed by atoms with Crippen molar-refractivity contribution >= 4 is 45.0 Å². The average molecular weight is 576 g/mol. The summed E-state index contributed by atoms with van der Waals surface area (Å²) in [6, 6.07) is 20.7. The van der Waals surface area contributed by atoms with Crippen LogP contribution in [0.4, 0.5) is 0 Å². The fourth-order valence-corrected chi connectivity index (χ4v) is 5.87. The van der Waals surface area contributed by atoms with Gasteiger partial charge in [0.1, 0.15) is 17.5 Å². The average Bonchev–Trinajstić information content (AvgIpc) is 3.37. The summed E-state index contributed by atoms with van der Waals surface area (Å²) in [7, 11) is 1.64. The number of halogens is 1. The van der Waals surface area contributed by atoms with Gasteiger partial charge in [-0.05, 0) is 77.9 Å². The number of esters is 1. The molecule has 1 aliphatic heterocycles. The predicted octanol–water partition coefficient (Wildman–Crippen LogP) is 6.43. The van der Waals surface area contributed by atoms with Crippen molar-refractivity contribution in [3.63, 3.8) is 0 Å². The molecule has 5 aromatic rings. The molecule has 0 amide bonds. The number of hydrogen-bond donors (Lipinski definition) is 2. The number of nitrogens with one attached hydrogen (secondary N) is 1. The van der Waals surface area contributed by atoms with E-state index >= 15 is 0 Å². The Kier molecular flexibility index (Phi) is 5.69. The monoisotopic (exact) mass is 575 g/mol. The van der Waals surface area contributed by atoms with Crippen LogP contribution in [-0.4, -0.2) is 32.3 Å². The van der Waals surface area contributed by atoms with Crippen molar-refractivity contribution in [2.24, 2.45) is 0 Å². The molecular weight excluding hydrogens is 554 g/mol. The highest BCUT2D eigenvalue weighted by Gasteiger charge is 2.34. The van der Waals surface area contributed by atoms with E-state index in [2.05, 4.69) is 33.0 Å². The number of fused-ring (bicyclic) bond motifs is 4. The molecule has 6 rings (SSSR count). The minimum absolute atomic E-state index is 0.0822. The third-order valence-corrected chi connectivity index (χ3v) is 7.60. The summed E-state index contributed by atoms with van der Waals surface area (Å²) in [4.78, 5) is 14.9. The number of ether oxygens (including phenoxy) is 2. The minimum Gasteiger partial charge on any atom is -0.497 e. The van der Waals surface area contributed by atoms with Crippen LogP contribution in [-0.2, 0) is 11.2 Å². The molecule has 0 bridgehead atoms. The van der Waals surface area contributed by atoms with Gasteiger partial charge in [0.15, 0.2) is 4.77 Å². The van der Waals surface area contributed by atoms with Gasteiger partial charge >= 0.3 is 5.97 Å². The first-order valence-electron chi connectivity index (χ1n) is 11.6. The first-order valence-corrected chi connectivity index (χ1v) is 12.8. The summed E-state index contributed by atoms with van der Waals surface area (Å²) in [5.74, 6) is 0.875. The number of H-pyrrole nitrogens is 1. The molecule has 3 heterocycles. The molecule has 7 nitrogen and oxygen atoms in total. The summed E-state index contributed by atoms with van der Waals surface area (Å²) >= 11 is 9.57. The first-order chi connectivity index (χ1) is 17.9. The molecule has 3 aromatic carbocycles. The minimum atomic E-state index is -0.395. The van der Waals surface area contributed by atoms with Crippen molar-refractivity contribution in [1.29, 1.82) is 0 Å². The number of aromatic hydroxyl groups is 1. The number of carbonyl (C=O) groups is 1. The Labute approximate surface area is 226 Å². The maximum Gasteiger partial charge on any atom is 0.308 e. The molecule has 2 N–H and O–H groups in total. The van der Waals surface area contributed by atoms with E-state index in [0.29, 0.717) is 22.6 Å². The molecule has 0 radical (unpaired) electrons. The van der Waals surface area contributed by atoms with Crippen molar-refractivity contribution in [2.45, 2.75) is 19.4 Å². The van der Waals surface area contributed by atoms with Crippen molar-refractivity contribution in [2.75, 3.05) is 7.11 Å². The predicted molar refractivity (Wildman–Crippen MR) is 147 cm³/mol.